The van der Waals surface area contributed by atoms with Crippen molar-refractivity contribution in [3.8, 4) is 0 Å². The third kappa shape index (κ3) is 39.8. The van der Waals surface area contributed by atoms with Crippen LogP contribution in [0.25, 0.3) is 0 Å². The van der Waals surface area contributed by atoms with E-state index in [0.717, 1.165) is 24.2 Å². The Bertz CT molecular complexity index is 2440. The highest BCUT2D eigenvalue weighted by Crippen LogP contribution is 2.21. The molecular formula is C71H136N16O12. The van der Waals surface area contributed by atoms with Crippen LogP contribution in [0.4, 0.5) is 0 Å². The summed E-state index contributed by atoms with van der Waals surface area (Å²) in [4.78, 5) is 161. The normalized spacial score (nSPS) is 14.8. The van der Waals surface area contributed by atoms with Crippen molar-refractivity contribution >= 4 is 70.9 Å². The van der Waals surface area contributed by atoms with E-state index in [4.69, 9.17) is 28.7 Å². The average molecular weight is 1410 g/mol. The van der Waals surface area contributed by atoms with Crippen molar-refractivity contribution in [2.24, 2.45) is 63.3 Å². The molecule has 99 heavy (non-hydrogen) atoms. The van der Waals surface area contributed by atoms with Crippen LogP contribution in [0.2, 0.25) is 0 Å². The molecule has 0 saturated carbocycles. The number of hydrogen-bond acceptors (Lipinski definition) is 15. The Balaban J connectivity index is 6.95. The molecule has 0 fully saturated rings. The number of aliphatic hydroxyl groups excluding tert-OH is 1. The van der Waals surface area contributed by atoms with Crippen LogP contribution in [0, 0.1) is 29.6 Å². The zero-order valence-electron chi connectivity index (χ0n) is 63.0. The number of hydrogen-bond donors (Lipinski definition) is 14. The van der Waals surface area contributed by atoms with Gasteiger partial charge in [0.05, 0.1) is 12.6 Å². The van der Waals surface area contributed by atoms with Gasteiger partial charge < -0.3 is 86.1 Å². The fourth-order valence-electron chi connectivity index (χ4n) is 11.6. The third-order valence-corrected chi connectivity index (χ3v) is 17.6. The summed E-state index contributed by atoms with van der Waals surface area (Å²) in [6, 6.07) is -11.3. The lowest BCUT2D eigenvalue weighted by atomic mass is 9.95. The lowest BCUT2D eigenvalue weighted by Gasteiger charge is -2.36. The van der Waals surface area contributed by atoms with Crippen LogP contribution in [0.1, 0.15) is 250 Å². The van der Waals surface area contributed by atoms with E-state index in [2.05, 4.69) is 54.5 Å². The van der Waals surface area contributed by atoms with E-state index in [1.807, 2.05) is 55.4 Å². The zero-order chi connectivity index (χ0) is 75.3. The smallest absolute Gasteiger partial charge is 0.245 e. The number of aliphatic imine (C=N–C) groups is 1. The highest BCUT2D eigenvalue weighted by Gasteiger charge is 2.41. The summed E-state index contributed by atoms with van der Waals surface area (Å²) < 4.78 is 0. The predicted octanol–water partition coefficient (Wildman–Crippen LogP) is 3.65. The first kappa shape index (κ1) is 92.3. The van der Waals surface area contributed by atoms with Crippen molar-refractivity contribution in [3.05, 3.63) is 0 Å². The molecule has 19 N–H and O–H groups in total. The van der Waals surface area contributed by atoms with E-state index in [9.17, 15) is 43.5 Å². The Morgan fingerprint density at radius 3 is 1.24 bits per heavy atom. The van der Waals surface area contributed by atoms with Crippen molar-refractivity contribution in [2.45, 2.75) is 311 Å². The number of primary amides is 1. The van der Waals surface area contributed by atoms with Crippen LogP contribution in [0.3, 0.4) is 0 Å². The van der Waals surface area contributed by atoms with Gasteiger partial charge in [-0.05, 0) is 133 Å². The number of nitrogens with one attached hydrogen (secondary N) is 8. The Morgan fingerprint density at radius 2 is 0.808 bits per heavy atom. The fourth-order valence-corrected chi connectivity index (χ4v) is 11.6. The van der Waals surface area contributed by atoms with Crippen LogP contribution in [-0.4, -0.2) is 187 Å². The summed E-state index contributed by atoms with van der Waals surface area (Å²) in [5, 5.41) is 32.9. The molecule has 28 heteroatoms. The first-order valence-corrected chi connectivity index (χ1v) is 37.0. The Morgan fingerprint density at radius 1 is 0.414 bits per heavy atom. The Hall–Kier alpha value is -6.68. The minimum atomic E-state index is -1.64. The summed E-state index contributed by atoms with van der Waals surface area (Å²) in [7, 11) is 2.77. The minimum Gasteiger partial charge on any atom is -0.391 e. The quantitative estimate of drug-likeness (QED) is 0.0235. The SMILES string of the molecule is CCCCCCCCCCCCCCC(=O)NCC(=O)N[C@@H](CC(C)C)C(=O)N[C@@H](CC(C)C)C(=O)N[C@@H](CCCCN)C(=O)N(C)[C@@H](CCCN=C(N)N)C(=O)N[C@H](C(=O)N(C)[C@@H](CCCCN)C(=O)N[C@H](C(=O)N[C@@H](CC(C)C)C(=O)N[C@@H](CC(C)C)C(N)=O)[C@@H](C)O)[C@@H](C)CC. The summed E-state index contributed by atoms with van der Waals surface area (Å²) in [6.45, 7) is 22.1. The van der Waals surface area contributed by atoms with Crippen molar-refractivity contribution in [2.75, 3.05) is 40.3 Å². The molecule has 0 aromatic rings. The number of nitrogens with two attached hydrogens (primary N) is 5. The van der Waals surface area contributed by atoms with E-state index in [1.54, 1.807) is 13.8 Å². The van der Waals surface area contributed by atoms with Crippen LogP contribution >= 0.6 is 0 Å². The van der Waals surface area contributed by atoms with Crippen molar-refractivity contribution in [3.63, 3.8) is 0 Å². The number of unbranched alkanes of at least 4 members (excludes halogenated alkanes) is 13. The second-order valence-electron chi connectivity index (χ2n) is 28.7. The predicted molar refractivity (Wildman–Crippen MR) is 389 cm³/mol. The first-order valence-electron chi connectivity index (χ1n) is 37.0. The van der Waals surface area contributed by atoms with Gasteiger partial charge in [0, 0.05) is 27.1 Å². The average Bonchev–Trinajstić information content (AvgIpc) is 0.842. The number of carbonyl (C=O) groups is 11. The van der Waals surface area contributed by atoms with Crippen molar-refractivity contribution in [1.82, 2.24) is 52.3 Å². The largest absolute Gasteiger partial charge is 0.391 e. The fraction of sp³-hybridized carbons (Fsp3) is 0.831. The summed E-state index contributed by atoms with van der Waals surface area (Å²) >= 11 is 0. The molecule has 11 amide bonds. The lowest BCUT2D eigenvalue weighted by molar-refractivity contribution is -0.146. The molecule has 0 aliphatic carbocycles. The van der Waals surface area contributed by atoms with Crippen LogP contribution in [0.15, 0.2) is 4.99 Å². The maximum atomic E-state index is 15.0. The van der Waals surface area contributed by atoms with E-state index in [1.165, 1.54) is 77.3 Å². The zero-order valence-corrected chi connectivity index (χ0v) is 63.0. The van der Waals surface area contributed by atoms with E-state index in [0.29, 0.717) is 38.5 Å². The van der Waals surface area contributed by atoms with Gasteiger partial charge in [0.25, 0.3) is 0 Å². The van der Waals surface area contributed by atoms with Gasteiger partial charge in [0.1, 0.15) is 54.4 Å². The first-order chi connectivity index (χ1) is 46.7. The van der Waals surface area contributed by atoms with Gasteiger partial charge in [0.2, 0.25) is 65.0 Å². The Kier molecular flexibility index (Phi) is 48.8. The number of carbonyl (C=O) groups excluding carboxylic acids is 11. The second-order valence-corrected chi connectivity index (χ2v) is 28.7. The van der Waals surface area contributed by atoms with Crippen molar-refractivity contribution in [1.29, 1.82) is 0 Å². The molecule has 0 heterocycles. The summed E-state index contributed by atoms with van der Waals surface area (Å²) in [5.74, 6) is -8.70. The number of likely N-dealkylation sites (N-methyl/N-ethyl adjacent to an activating group) is 2. The molecule has 11 atom stereocenters. The molecule has 0 aliphatic rings. The maximum absolute atomic E-state index is 15.0. The van der Waals surface area contributed by atoms with E-state index >= 15 is 14.4 Å². The molecular weight excluding hydrogens is 1270 g/mol. The van der Waals surface area contributed by atoms with Crippen LogP contribution in [-0.2, 0) is 52.7 Å². The summed E-state index contributed by atoms with van der Waals surface area (Å²) in [5.41, 5.74) is 28.7. The second kappa shape index (κ2) is 52.3. The van der Waals surface area contributed by atoms with Gasteiger partial charge in [-0.2, -0.15) is 0 Å². The monoisotopic (exact) mass is 1410 g/mol. The Labute approximate surface area is 592 Å². The van der Waals surface area contributed by atoms with Crippen LogP contribution in [0.5, 0.6) is 0 Å². The number of nitrogens with zero attached hydrogens (tertiary/aromatic N) is 3. The molecule has 0 spiro atoms. The molecule has 0 aliphatic heterocycles. The summed E-state index contributed by atoms with van der Waals surface area (Å²) in [6.07, 6.45) is 15.5. The maximum Gasteiger partial charge on any atom is 0.245 e. The van der Waals surface area contributed by atoms with Gasteiger partial charge >= 0.3 is 0 Å². The molecule has 0 saturated heterocycles. The van der Waals surface area contributed by atoms with Gasteiger partial charge in [-0.3, -0.25) is 57.7 Å². The number of aliphatic hydroxyl groups is 1. The highest BCUT2D eigenvalue weighted by atomic mass is 16.3. The van der Waals surface area contributed by atoms with E-state index < -0.39 is 125 Å². The van der Waals surface area contributed by atoms with Gasteiger partial charge in [0.15, 0.2) is 5.96 Å². The topological polar surface area (TPSA) is 453 Å². The molecule has 0 radical (unpaired) electrons. The molecule has 0 aromatic carbocycles. The molecule has 0 aromatic heterocycles. The van der Waals surface area contributed by atoms with Gasteiger partial charge in [-0.25, -0.2) is 0 Å². The molecule has 572 valence electrons. The van der Waals surface area contributed by atoms with E-state index in [-0.39, 0.29) is 120 Å². The lowest BCUT2D eigenvalue weighted by Crippen LogP contribution is -2.62. The third-order valence-electron chi connectivity index (χ3n) is 17.6. The molecule has 0 rings (SSSR count). The van der Waals surface area contributed by atoms with Gasteiger partial charge in [-0.15, -0.1) is 0 Å². The number of guanidine groups is 1. The van der Waals surface area contributed by atoms with Crippen LogP contribution < -0.4 is 71.2 Å². The van der Waals surface area contributed by atoms with Crippen molar-refractivity contribution < 1.29 is 57.8 Å². The molecule has 0 unspecified atom stereocenters. The standard InChI is InChI=1S/C71H136N16O12/c1-15-17-18-19-20-21-22-23-24-25-26-27-36-58(89)78-44-59(90)79-53(41-46(5)6)63(92)82-54(42-47(7)8)64(93)80-51(33-28-30-37-72)69(98)86(13)57(35-32-39-77-71(75)76)66(95)84-60(49(11)16-2)70(99)87(14)56(34-29-31-38-73)67(96)85-61(50(12)88)68(97)83-55(43-48(9)10)65(94)81-52(62(74)91)40-45(3)4/h45-57,60-61,88H,15-44,72-73H2,1-14H3,(H2,74,91)(H,78,89)(H,79,90)(H,80,93)(H,81,94)(H,82,92)(H,83,97)(H,84,95)(H,85,96)(H4,75,76,77)/t49-,50+,51-,52-,53-,54-,55-,56-,57-,60-,61-/m0/s1. The highest BCUT2D eigenvalue weighted by molar-refractivity contribution is 5.99. The molecule has 28 nitrogen and oxygen atoms in total. The minimum absolute atomic E-state index is 0.0116. The molecule has 0 bridgehead atoms. The van der Waals surface area contributed by atoms with Gasteiger partial charge in [-0.1, -0.05) is 153 Å². The number of amides is 11. The number of rotatable bonds is 56.